The monoisotopic (exact) mass is 290 g/mol. The SMILES string of the molecule is Cc1nn(C)c(C)c1CN(C)c1cc(NCCO)ncn1. The number of aromatic nitrogens is 4. The van der Waals surface area contributed by atoms with Crippen molar-refractivity contribution < 1.29 is 5.11 Å². The number of aliphatic hydroxyl groups is 1. The number of hydrogen-bond acceptors (Lipinski definition) is 6. The molecule has 2 aromatic heterocycles. The van der Waals surface area contributed by atoms with Gasteiger partial charge in [0.15, 0.2) is 0 Å². The van der Waals surface area contributed by atoms with Crippen LogP contribution >= 0.6 is 0 Å². The first kappa shape index (κ1) is 15.2. The van der Waals surface area contributed by atoms with Gasteiger partial charge in [0.05, 0.1) is 12.3 Å². The van der Waals surface area contributed by atoms with Crippen LogP contribution in [0.4, 0.5) is 11.6 Å². The van der Waals surface area contributed by atoms with Gasteiger partial charge in [0.1, 0.15) is 18.0 Å². The molecule has 0 unspecified atom stereocenters. The summed E-state index contributed by atoms with van der Waals surface area (Å²) in [4.78, 5) is 10.5. The van der Waals surface area contributed by atoms with E-state index in [1.165, 1.54) is 11.9 Å². The lowest BCUT2D eigenvalue weighted by Gasteiger charge is -2.19. The molecule has 0 amide bonds. The highest BCUT2D eigenvalue weighted by Gasteiger charge is 2.13. The summed E-state index contributed by atoms with van der Waals surface area (Å²) >= 11 is 0. The molecule has 2 aromatic rings. The predicted octanol–water partition coefficient (Wildman–Crippen LogP) is 0.868. The Balaban J connectivity index is 2.14. The first-order valence-electron chi connectivity index (χ1n) is 6.90. The Hall–Kier alpha value is -2.15. The fourth-order valence-corrected chi connectivity index (χ4v) is 2.20. The third-order valence-electron chi connectivity index (χ3n) is 3.52. The molecular weight excluding hydrogens is 268 g/mol. The highest BCUT2D eigenvalue weighted by atomic mass is 16.3. The molecule has 0 bridgehead atoms. The fraction of sp³-hybridized carbons (Fsp3) is 0.500. The predicted molar refractivity (Wildman–Crippen MR) is 82.4 cm³/mol. The van der Waals surface area contributed by atoms with E-state index >= 15 is 0 Å². The van der Waals surface area contributed by atoms with Gasteiger partial charge in [0.2, 0.25) is 0 Å². The summed E-state index contributed by atoms with van der Waals surface area (Å²) in [6.45, 7) is 5.37. The maximum atomic E-state index is 8.84. The standard InChI is InChI=1S/C14H22N6O/c1-10-12(11(2)20(4)18-10)8-19(3)14-7-13(15-5-6-21)16-9-17-14/h7,9,21H,5-6,8H2,1-4H3,(H,15,16,17). The molecule has 0 aliphatic rings. The van der Waals surface area contributed by atoms with E-state index in [0.29, 0.717) is 12.4 Å². The second kappa shape index (κ2) is 6.53. The van der Waals surface area contributed by atoms with Crippen LogP contribution in [0.5, 0.6) is 0 Å². The van der Waals surface area contributed by atoms with Crippen molar-refractivity contribution in [1.29, 1.82) is 0 Å². The smallest absolute Gasteiger partial charge is 0.134 e. The van der Waals surface area contributed by atoms with Crippen molar-refractivity contribution in [3.8, 4) is 0 Å². The number of anilines is 2. The lowest BCUT2D eigenvalue weighted by molar-refractivity contribution is 0.311. The molecule has 2 rings (SSSR count). The summed E-state index contributed by atoms with van der Waals surface area (Å²) < 4.78 is 1.90. The second-order valence-corrected chi connectivity index (χ2v) is 5.04. The van der Waals surface area contributed by atoms with Crippen LogP contribution in [0.3, 0.4) is 0 Å². The zero-order valence-corrected chi connectivity index (χ0v) is 13.0. The topological polar surface area (TPSA) is 79.1 Å². The van der Waals surface area contributed by atoms with Gasteiger partial charge in [-0.1, -0.05) is 0 Å². The van der Waals surface area contributed by atoms with Crippen molar-refractivity contribution in [2.45, 2.75) is 20.4 Å². The van der Waals surface area contributed by atoms with Crippen LogP contribution in [-0.2, 0) is 13.6 Å². The molecule has 2 heterocycles. The quantitative estimate of drug-likeness (QED) is 0.822. The van der Waals surface area contributed by atoms with Gasteiger partial charge in [-0.15, -0.1) is 0 Å². The van der Waals surface area contributed by atoms with Crippen LogP contribution in [0, 0.1) is 13.8 Å². The van der Waals surface area contributed by atoms with Crippen LogP contribution in [0.25, 0.3) is 0 Å². The first-order chi connectivity index (χ1) is 10.0. The molecule has 0 fully saturated rings. The number of nitrogens with zero attached hydrogens (tertiary/aromatic N) is 5. The van der Waals surface area contributed by atoms with Gasteiger partial charge in [-0.2, -0.15) is 5.10 Å². The summed E-state index contributed by atoms with van der Waals surface area (Å²) in [5.74, 6) is 1.54. The van der Waals surface area contributed by atoms with E-state index in [1.807, 2.05) is 31.8 Å². The molecule has 114 valence electrons. The molecule has 0 radical (unpaired) electrons. The third kappa shape index (κ3) is 3.49. The molecule has 0 saturated carbocycles. The van der Waals surface area contributed by atoms with Crippen molar-refractivity contribution in [1.82, 2.24) is 19.7 Å². The maximum Gasteiger partial charge on any atom is 0.134 e. The Bertz CT molecular complexity index is 610. The Morgan fingerprint density at radius 2 is 2.10 bits per heavy atom. The van der Waals surface area contributed by atoms with Gasteiger partial charge in [0, 0.05) is 44.5 Å². The van der Waals surface area contributed by atoms with Crippen molar-refractivity contribution in [2.24, 2.45) is 7.05 Å². The Labute approximate surface area is 124 Å². The van der Waals surface area contributed by atoms with Crippen molar-refractivity contribution in [2.75, 3.05) is 30.4 Å². The average Bonchev–Trinajstić information content (AvgIpc) is 2.72. The number of aliphatic hydroxyl groups excluding tert-OH is 1. The molecule has 0 aliphatic heterocycles. The Kier molecular flexibility index (Phi) is 4.74. The summed E-state index contributed by atoms with van der Waals surface area (Å²) in [5, 5.41) is 16.3. The van der Waals surface area contributed by atoms with Gasteiger partial charge < -0.3 is 15.3 Å². The summed E-state index contributed by atoms with van der Waals surface area (Å²) in [6, 6.07) is 1.87. The van der Waals surface area contributed by atoms with E-state index in [4.69, 9.17) is 5.11 Å². The molecule has 0 spiro atoms. The molecular formula is C14H22N6O. The molecule has 2 N–H and O–H groups in total. The Morgan fingerprint density at radius 3 is 2.71 bits per heavy atom. The lowest BCUT2D eigenvalue weighted by atomic mass is 10.2. The first-order valence-corrected chi connectivity index (χ1v) is 6.90. The van der Waals surface area contributed by atoms with Crippen molar-refractivity contribution >= 4 is 11.6 Å². The molecule has 21 heavy (non-hydrogen) atoms. The van der Waals surface area contributed by atoms with Crippen LogP contribution < -0.4 is 10.2 Å². The zero-order chi connectivity index (χ0) is 15.4. The normalized spacial score (nSPS) is 10.7. The highest BCUT2D eigenvalue weighted by Crippen LogP contribution is 2.19. The second-order valence-electron chi connectivity index (χ2n) is 5.04. The van der Waals surface area contributed by atoms with E-state index < -0.39 is 0 Å². The largest absolute Gasteiger partial charge is 0.395 e. The van der Waals surface area contributed by atoms with E-state index in [0.717, 1.165) is 23.8 Å². The van der Waals surface area contributed by atoms with Gasteiger partial charge in [0.25, 0.3) is 0 Å². The maximum absolute atomic E-state index is 8.84. The van der Waals surface area contributed by atoms with E-state index in [-0.39, 0.29) is 6.61 Å². The summed E-state index contributed by atoms with van der Waals surface area (Å²) in [6.07, 6.45) is 1.52. The minimum absolute atomic E-state index is 0.0727. The van der Waals surface area contributed by atoms with Crippen LogP contribution in [-0.4, -0.2) is 45.1 Å². The number of hydrogen-bond donors (Lipinski definition) is 2. The van der Waals surface area contributed by atoms with E-state index in [1.54, 1.807) is 0 Å². The number of nitrogens with one attached hydrogen (secondary N) is 1. The average molecular weight is 290 g/mol. The van der Waals surface area contributed by atoms with Crippen LogP contribution in [0.1, 0.15) is 17.0 Å². The number of rotatable bonds is 6. The third-order valence-corrected chi connectivity index (χ3v) is 3.52. The number of aryl methyl sites for hydroxylation is 2. The minimum Gasteiger partial charge on any atom is -0.395 e. The molecule has 0 aliphatic carbocycles. The van der Waals surface area contributed by atoms with Gasteiger partial charge in [-0.05, 0) is 13.8 Å². The fourth-order valence-electron chi connectivity index (χ4n) is 2.20. The lowest BCUT2D eigenvalue weighted by Crippen LogP contribution is -2.19. The molecule has 0 atom stereocenters. The van der Waals surface area contributed by atoms with E-state index in [2.05, 4.69) is 32.2 Å². The highest BCUT2D eigenvalue weighted by molar-refractivity contribution is 5.48. The van der Waals surface area contributed by atoms with Gasteiger partial charge in [-0.25, -0.2) is 9.97 Å². The summed E-state index contributed by atoms with van der Waals surface area (Å²) in [7, 11) is 3.94. The Morgan fingerprint density at radius 1 is 1.33 bits per heavy atom. The minimum atomic E-state index is 0.0727. The molecule has 0 aromatic carbocycles. The van der Waals surface area contributed by atoms with Crippen molar-refractivity contribution in [3.05, 3.63) is 29.3 Å². The summed E-state index contributed by atoms with van der Waals surface area (Å²) in [5.41, 5.74) is 3.41. The molecule has 7 nitrogen and oxygen atoms in total. The molecule has 7 heteroatoms. The van der Waals surface area contributed by atoms with Crippen LogP contribution in [0.2, 0.25) is 0 Å². The van der Waals surface area contributed by atoms with Gasteiger partial charge in [-0.3, -0.25) is 4.68 Å². The van der Waals surface area contributed by atoms with E-state index in [9.17, 15) is 0 Å². The van der Waals surface area contributed by atoms with Crippen LogP contribution in [0.15, 0.2) is 12.4 Å². The zero-order valence-electron chi connectivity index (χ0n) is 13.0. The molecule has 0 saturated heterocycles. The van der Waals surface area contributed by atoms with Crippen molar-refractivity contribution in [3.63, 3.8) is 0 Å². The van der Waals surface area contributed by atoms with Gasteiger partial charge >= 0.3 is 0 Å².